The highest BCUT2D eigenvalue weighted by Gasteiger charge is 2.28. The van der Waals surface area contributed by atoms with Crippen molar-refractivity contribution in [3.8, 4) is 0 Å². The van der Waals surface area contributed by atoms with E-state index in [4.69, 9.17) is 74.1 Å². The minimum atomic E-state index is -0.344. The van der Waals surface area contributed by atoms with Crippen LogP contribution in [-0.4, -0.2) is 44.0 Å². The number of thiocarbonyl (C=S) groups is 2. The van der Waals surface area contributed by atoms with E-state index in [0.717, 1.165) is 43.7 Å². The van der Waals surface area contributed by atoms with E-state index in [-0.39, 0.29) is 11.1 Å². The fraction of sp³-hybridized carbons (Fsp3) is 0.500. The quantitative estimate of drug-likeness (QED) is 0.134. The van der Waals surface area contributed by atoms with Crippen molar-refractivity contribution >= 4 is 108 Å². The number of thiol groups is 2. The summed E-state index contributed by atoms with van der Waals surface area (Å²) in [4.78, 5) is 2.49. The topological polar surface area (TPSA) is 58.0 Å². The number of thioether (sulfide) groups is 2. The maximum atomic E-state index is 5.70. The van der Waals surface area contributed by atoms with Crippen molar-refractivity contribution in [2.24, 2.45) is 0 Å². The minimum absolute atomic E-state index is 0.344. The molecule has 2 aromatic rings. The SMILES string of the molecule is CC(C)(CNC(=S)NNC(=S)NCC(C)(C)n1c(S)c2c(cc1=S)SCC2)n1c(S)c2c(cc1=S)SCC2. The zero-order valence-electron chi connectivity index (χ0n) is 21.6. The van der Waals surface area contributed by atoms with Crippen LogP contribution in [0.1, 0.15) is 38.8 Å². The number of nitrogens with one attached hydrogen (secondary N) is 4. The molecule has 0 saturated heterocycles. The van der Waals surface area contributed by atoms with Crippen LogP contribution in [0.5, 0.6) is 0 Å². The van der Waals surface area contributed by atoms with Gasteiger partial charge in [-0.1, -0.05) is 24.4 Å². The first kappa shape index (κ1) is 30.5. The fourth-order valence-corrected chi connectivity index (χ4v) is 9.61. The first-order chi connectivity index (χ1) is 17.8. The lowest BCUT2D eigenvalue weighted by Gasteiger charge is -2.32. The molecule has 4 heterocycles. The summed E-state index contributed by atoms with van der Waals surface area (Å²) in [6.07, 6.45) is 2.02. The average molecular weight is 661 g/mol. The van der Waals surface area contributed by atoms with Crippen molar-refractivity contribution in [2.75, 3.05) is 24.6 Å². The van der Waals surface area contributed by atoms with E-state index >= 15 is 0 Å². The summed E-state index contributed by atoms with van der Waals surface area (Å²) < 4.78 is 5.75. The smallest absolute Gasteiger partial charge is 0.185 e. The van der Waals surface area contributed by atoms with Crippen molar-refractivity contribution in [1.82, 2.24) is 30.6 Å². The van der Waals surface area contributed by atoms with Gasteiger partial charge in [-0.15, -0.1) is 48.8 Å². The van der Waals surface area contributed by atoms with Crippen molar-refractivity contribution in [1.29, 1.82) is 0 Å². The normalized spacial score (nSPS) is 14.6. The highest BCUT2D eigenvalue weighted by atomic mass is 32.2. The first-order valence-corrected chi connectivity index (χ1v) is 16.6. The molecule has 38 heavy (non-hydrogen) atoms. The predicted molar refractivity (Wildman–Crippen MR) is 180 cm³/mol. The van der Waals surface area contributed by atoms with Crippen LogP contribution in [0.25, 0.3) is 0 Å². The molecule has 0 bridgehead atoms. The van der Waals surface area contributed by atoms with Gasteiger partial charge in [0, 0.05) is 34.4 Å². The molecule has 0 aromatic carbocycles. The van der Waals surface area contributed by atoms with Gasteiger partial charge in [0.2, 0.25) is 0 Å². The number of aromatic nitrogens is 2. The molecule has 2 aromatic heterocycles. The molecule has 0 spiro atoms. The molecule has 6 nitrogen and oxygen atoms in total. The monoisotopic (exact) mass is 660 g/mol. The van der Waals surface area contributed by atoms with Crippen LogP contribution in [0.2, 0.25) is 0 Å². The molecular weight excluding hydrogens is 629 g/mol. The number of hydrazine groups is 1. The molecule has 0 atom stereocenters. The van der Waals surface area contributed by atoms with Crippen LogP contribution in [-0.2, 0) is 23.9 Å². The summed E-state index contributed by atoms with van der Waals surface area (Å²) in [7, 11) is 0. The van der Waals surface area contributed by atoms with E-state index in [1.165, 1.54) is 20.9 Å². The largest absolute Gasteiger partial charge is 0.359 e. The Kier molecular flexibility index (Phi) is 9.76. The zero-order chi connectivity index (χ0) is 27.8. The number of fused-ring (bicyclic) bond motifs is 2. The molecule has 0 radical (unpaired) electrons. The maximum Gasteiger partial charge on any atom is 0.185 e. The van der Waals surface area contributed by atoms with E-state index in [2.05, 4.69) is 70.4 Å². The van der Waals surface area contributed by atoms with Crippen LogP contribution in [0.15, 0.2) is 32.0 Å². The van der Waals surface area contributed by atoms with Gasteiger partial charge in [-0.05, 0) is 88.2 Å². The van der Waals surface area contributed by atoms with Crippen molar-refractivity contribution in [2.45, 2.75) is 71.5 Å². The van der Waals surface area contributed by atoms with Crippen LogP contribution in [0, 0.1) is 9.28 Å². The highest BCUT2D eigenvalue weighted by molar-refractivity contribution is 8.00. The van der Waals surface area contributed by atoms with Gasteiger partial charge in [-0.3, -0.25) is 10.9 Å². The molecule has 206 valence electrons. The summed E-state index contributed by atoms with van der Waals surface area (Å²) in [6.45, 7) is 9.58. The molecule has 4 N–H and O–H groups in total. The molecular formula is C24H32N6S8. The molecule has 0 saturated carbocycles. The van der Waals surface area contributed by atoms with Crippen LogP contribution in [0.4, 0.5) is 0 Å². The number of rotatable bonds is 6. The molecule has 0 unspecified atom stereocenters. The number of nitrogens with zero attached hydrogens (tertiary/aromatic N) is 2. The van der Waals surface area contributed by atoms with Crippen LogP contribution >= 0.6 is 97.7 Å². The molecule has 0 fully saturated rings. The lowest BCUT2D eigenvalue weighted by atomic mass is 10.0. The van der Waals surface area contributed by atoms with Gasteiger partial charge < -0.3 is 19.8 Å². The molecule has 2 aliphatic rings. The Balaban J connectivity index is 1.30. The Morgan fingerprint density at radius 1 is 0.789 bits per heavy atom. The molecule has 0 aliphatic carbocycles. The molecule has 14 heteroatoms. The molecule has 2 aliphatic heterocycles. The second kappa shape index (κ2) is 12.2. The van der Waals surface area contributed by atoms with Crippen molar-refractivity contribution in [3.63, 3.8) is 0 Å². The van der Waals surface area contributed by atoms with Gasteiger partial charge in [0.1, 0.15) is 9.28 Å². The second-order valence-corrected chi connectivity index (χ2v) is 15.2. The Morgan fingerprint density at radius 3 is 1.53 bits per heavy atom. The van der Waals surface area contributed by atoms with Crippen molar-refractivity contribution < 1.29 is 0 Å². The summed E-state index contributed by atoms with van der Waals surface area (Å²) in [5.74, 6) is 2.14. The molecule has 0 amide bonds. The van der Waals surface area contributed by atoms with Gasteiger partial charge in [-0.2, -0.15) is 0 Å². The Morgan fingerprint density at radius 2 is 1.16 bits per heavy atom. The number of hydrogen-bond acceptors (Lipinski definition) is 8. The van der Waals surface area contributed by atoms with E-state index in [1.807, 2.05) is 23.5 Å². The van der Waals surface area contributed by atoms with Gasteiger partial charge in [-0.25, -0.2) is 0 Å². The summed E-state index contributed by atoms with van der Waals surface area (Å²) in [6, 6.07) is 4.17. The van der Waals surface area contributed by atoms with E-state index < -0.39 is 0 Å². The molecule has 4 rings (SSSR count). The van der Waals surface area contributed by atoms with Crippen molar-refractivity contribution in [3.05, 3.63) is 32.5 Å². The standard InChI is InChI=1S/C24H32N6S8/c1-23(2,29-17(31)9-15-13(19(29)33)5-7-37-15)11-25-21(35)27-28-22(36)26-12-24(3,4)30-18(32)10-16-14(20(30)34)6-8-38-16/h9-10,33-34H,5-8,11-12H2,1-4H3,(H2,25,27,35)(H2,26,28,36). The highest BCUT2D eigenvalue weighted by Crippen LogP contribution is 2.38. The lowest BCUT2D eigenvalue weighted by Crippen LogP contribution is -2.54. The first-order valence-electron chi connectivity index (χ1n) is 12.1. The van der Waals surface area contributed by atoms with Gasteiger partial charge in [0.05, 0.1) is 21.1 Å². The van der Waals surface area contributed by atoms with Crippen LogP contribution in [0.3, 0.4) is 0 Å². The van der Waals surface area contributed by atoms with Gasteiger partial charge >= 0.3 is 0 Å². The summed E-state index contributed by atoms with van der Waals surface area (Å²) in [5.41, 5.74) is 7.80. The summed E-state index contributed by atoms with van der Waals surface area (Å²) >= 11 is 35.7. The van der Waals surface area contributed by atoms with Gasteiger partial charge in [0.25, 0.3) is 0 Å². The zero-order valence-corrected chi connectivity index (χ0v) is 28.3. The minimum Gasteiger partial charge on any atom is -0.359 e. The summed E-state index contributed by atoms with van der Waals surface area (Å²) in [5, 5.41) is 9.27. The van der Waals surface area contributed by atoms with E-state index in [9.17, 15) is 0 Å². The second-order valence-electron chi connectivity index (χ2n) is 10.4. The number of pyridine rings is 2. The Labute approximate surface area is 265 Å². The third-order valence-electron chi connectivity index (χ3n) is 6.59. The lowest BCUT2D eigenvalue weighted by molar-refractivity contribution is 0.320. The predicted octanol–water partition coefficient (Wildman–Crippen LogP) is 5.64. The Bertz CT molecular complexity index is 1290. The van der Waals surface area contributed by atoms with E-state index in [1.54, 1.807) is 0 Å². The maximum absolute atomic E-state index is 5.70. The third kappa shape index (κ3) is 6.53. The van der Waals surface area contributed by atoms with Crippen LogP contribution < -0.4 is 21.5 Å². The fourth-order valence-electron chi connectivity index (χ4n) is 4.60. The average Bonchev–Trinajstić information content (AvgIpc) is 3.49. The van der Waals surface area contributed by atoms with Gasteiger partial charge in [0.15, 0.2) is 10.2 Å². The Hall–Kier alpha value is -0.480. The van der Waals surface area contributed by atoms with E-state index in [0.29, 0.717) is 23.3 Å². The number of hydrogen-bond donors (Lipinski definition) is 6. The third-order valence-corrected chi connectivity index (χ3v) is 10.8.